The molecule has 3 rings (SSSR count). The van der Waals surface area contributed by atoms with Crippen molar-refractivity contribution in [2.75, 3.05) is 19.6 Å². The van der Waals surface area contributed by atoms with Crippen LogP contribution in [0.2, 0.25) is 0 Å². The van der Waals surface area contributed by atoms with Gasteiger partial charge < -0.3 is 10.0 Å². The number of amides is 2. The maximum absolute atomic E-state index is 12.5. The second kappa shape index (κ2) is 4.66. The van der Waals surface area contributed by atoms with Crippen LogP contribution in [-0.4, -0.2) is 61.3 Å². The maximum Gasteiger partial charge on any atom is 0.407 e. The van der Waals surface area contributed by atoms with E-state index in [0.29, 0.717) is 13.1 Å². The third kappa shape index (κ3) is 1.95. The number of carboxylic acid groups (broad SMARTS) is 1. The van der Waals surface area contributed by atoms with Gasteiger partial charge in [0, 0.05) is 13.1 Å². The van der Waals surface area contributed by atoms with Gasteiger partial charge in [0.1, 0.15) is 6.04 Å². The van der Waals surface area contributed by atoms with Crippen LogP contribution in [0.15, 0.2) is 4.79 Å². The number of aromatic nitrogens is 3. The molecule has 1 aromatic heterocycles. The zero-order chi connectivity index (χ0) is 14.3. The number of rotatable bonds is 1. The van der Waals surface area contributed by atoms with Crippen LogP contribution >= 0.6 is 0 Å². The van der Waals surface area contributed by atoms with Gasteiger partial charge in [-0.05, 0) is 12.8 Å². The van der Waals surface area contributed by atoms with Crippen molar-refractivity contribution in [2.45, 2.75) is 25.4 Å². The first kappa shape index (κ1) is 12.7. The molecular formula is C11H15N5O4. The summed E-state index contributed by atoms with van der Waals surface area (Å²) < 4.78 is 1.28. The Morgan fingerprint density at radius 2 is 1.95 bits per heavy atom. The molecule has 1 fully saturated rings. The second-order valence-electron chi connectivity index (χ2n) is 5.03. The highest BCUT2D eigenvalue weighted by atomic mass is 16.4. The number of likely N-dealkylation sites (tertiary alicyclic amines) is 1. The molecule has 0 radical (unpaired) electrons. The van der Waals surface area contributed by atoms with E-state index in [1.54, 1.807) is 4.90 Å². The number of aromatic amines is 1. The van der Waals surface area contributed by atoms with E-state index in [2.05, 4.69) is 10.2 Å². The zero-order valence-corrected chi connectivity index (χ0v) is 10.8. The highest BCUT2D eigenvalue weighted by Crippen LogP contribution is 2.21. The van der Waals surface area contributed by atoms with Gasteiger partial charge in [-0.1, -0.05) is 0 Å². The van der Waals surface area contributed by atoms with Crippen LogP contribution < -0.4 is 5.69 Å². The highest BCUT2D eigenvalue weighted by Gasteiger charge is 2.37. The van der Waals surface area contributed by atoms with Crippen LogP contribution in [0.1, 0.15) is 24.7 Å². The largest absolute Gasteiger partial charge is 0.465 e. The first-order valence-corrected chi connectivity index (χ1v) is 6.50. The van der Waals surface area contributed by atoms with E-state index >= 15 is 0 Å². The molecule has 108 valence electrons. The molecule has 0 aliphatic carbocycles. The minimum Gasteiger partial charge on any atom is -0.465 e. The minimum atomic E-state index is -1.12. The molecule has 9 heteroatoms. The first-order valence-electron chi connectivity index (χ1n) is 6.50. The van der Waals surface area contributed by atoms with Crippen molar-refractivity contribution < 1.29 is 14.7 Å². The first-order chi connectivity index (χ1) is 9.58. The molecule has 0 aromatic carbocycles. The van der Waals surface area contributed by atoms with Gasteiger partial charge in [0.25, 0.3) is 0 Å². The zero-order valence-electron chi connectivity index (χ0n) is 10.8. The average molecular weight is 281 g/mol. The number of H-pyrrole nitrogens is 1. The highest BCUT2D eigenvalue weighted by molar-refractivity contribution is 5.82. The summed E-state index contributed by atoms with van der Waals surface area (Å²) in [5, 5.41) is 15.2. The number of carbonyl (C=O) groups is 2. The average Bonchev–Trinajstić information content (AvgIpc) is 3.07. The Labute approximate surface area is 113 Å². The molecule has 2 amide bonds. The van der Waals surface area contributed by atoms with E-state index in [9.17, 15) is 14.4 Å². The third-order valence-corrected chi connectivity index (χ3v) is 3.79. The van der Waals surface area contributed by atoms with E-state index in [1.165, 1.54) is 4.57 Å². The summed E-state index contributed by atoms with van der Waals surface area (Å²) in [5.74, 6) is 0.0689. The molecular weight excluding hydrogens is 266 g/mol. The van der Waals surface area contributed by atoms with E-state index in [0.717, 1.165) is 17.7 Å². The number of nitrogens with zero attached hydrogens (tertiary/aromatic N) is 4. The van der Waals surface area contributed by atoms with Crippen molar-refractivity contribution in [3.63, 3.8) is 0 Å². The smallest absolute Gasteiger partial charge is 0.407 e. The van der Waals surface area contributed by atoms with Gasteiger partial charge in [-0.2, -0.15) is 5.10 Å². The molecule has 1 atom stereocenters. The van der Waals surface area contributed by atoms with E-state index in [4.69, 9.17) is 5.11 Å². The predicted molar refractivity (Wildman–Crippen MR) is 66.1 cm³/mol. The van der Waals surface area contributed by atoms with Crippen LogP contribution in [0.3, 0.4) is 0 Å². The number of hydrogen-bond acceptors (Lipinski definition) is 4. The molecule has 2 N–H and O–H groups in total. The summed E-state index contributed by atoms with van der Waals surface area (Å²) in [6, 6.07) is -0.820. The van der Waals surface area contributed by atoms with Crippen LogP contribution in [0.4, 0.5) is 4.79 Å². The Kier molecular flexibility index (Phi) is 2.96. The second-order valence-corrected chi connectivity index (χ2v) is 5.03. The summed E-state index contributed by atoms with van der Waals surface area (Å²) in [4.78, 5) is 38.2. The number of carbonyl (C=O) groups excluding carboxylic acids is 1. The molecule has 9 nitrogen and oxygen atoms in total. The van der Waals surface area contributed by atoms with E-state index < -0.39 is 17.8 Å². The van der Waals surface area contributed by atoms with Gasteiger partial charge in [-0.3, -0.25) is 14.3 Å². The lowest BCUT2D eigenvalue weighted by Crippen LogP contribution is -2.49. The molecule has 20 heavy (non-hydrogen) atoms. The van der Waals surface area contributed by atoms with Crippen LogP contribution in [0.25, 0.3) is 0 Å². The lowest BCUT2D eigenvalue weighted by Gasteiger charge is -2.32. The van der Waals surface area contributed by atoms with Gasteiger partial charge in [-0.25, -0.2) is 14.7 Å². The van der Waals surface area contributed by atoms with Gasteiger partial charge in [0.15, 0.2) is 5.82 Å². The summed E-state index contributed by atoms with van der Waals surface area (Å²) in [7, 11) is 0. The number of nitrogens with one attached hydrogen (secondary N) is 1. The Morgan fingerprint density at radius 3 is 2.60 bits per heavy atom. The third-order valence-electron chi connectivity index (χ3n) is 3.79. The minimum absolute atomic E-state index is 0.0118. The van der Waals surface area contributed by atoms with Crippen molar-refractivity contribution >= 4 is 12.0 Å². The van der Waals surface area contributed by atoms with Crippen molar-refractivity contribution in [3.8, 4) is 0 Å². The van der Waals surface area contributed by atoms with Gasteiger partial charge in [0.05, 0.1) is 13.1 Å². The monoisotopic (exact) mass is 281 g/mol. The molecule has 2 aliphatic heterocycles. The van der Waals surface area contributed by atoms with E-state index in [1.807, 2.05) is 0 Å². The Bertz CT molecular complexity index is 600. The van der Waals surface area contributed by atoms with E-state index in [-0.39, 0.29) is 24.8 Å². The molecule has 1 saturated heterocycles. The number of hydrogen-bond donors (Lipinski definition) is 2. The van der Waals surface area contributed by atoms with Crippen molar-refractivity contribution in [2.24, 2.45) is 0 Å². The number of fused-ring (bicyclic) bond motifs is 1. The molecule has 0 spiro atoms. The Hall–Kier alpha value is -2.32. The van der Waals surface area contributed by atoms with Gasteiger partial charge in [-0.15, -0.1) is 0 Å². The molecule has 1 aromatic rings. The Balaban J connectivity index is 1.95. The summed E-state index contributed by atoms with van der Waals surface area (Å²) in [6.07, 6.45) is 0.758. The molecule has 1 unspecified atom stereocenters. The maximum atomic E-state index is 12.5. The molecule has 0 bridgehead atoms. The van der Waals surface area contributed by atoms with Crippen LogP contribution in [-0.2, 0) is 11.3 Å². The van der Waals surface area contributed by atoms with Crippen molar-refractivity contribution in [1.82, 2.24) is 24.6 Å². The normalized spacial score (nSPS) is 21.9. The SMILES string of the molecule is O=C(O)N1Cc2n[nH]c(=O)n2C(C(=O)N2CCCC2)C1. The van der Waals surface area contributed by atoms with Crippen LogP contribution in [0.5, 0.6) is 0 Å². The predicted octanol–water partition coefficient (Wildman–Crippen LogP) is -0.772. The lowest BCUT2D eigenvalue weighted by atomic mass is 10.2. The fourth-order valence-electron chi connectivity index (χ4n) is 2.78. The van der Waals surface area contributed by atoms with Crippen LogP contribution in [0, 0.1) is 0 Å². The standard InChI is InChI=1S/C11H15N5O4/c17-9(14-3-1-2-4-14)7-5-15(11(19)20)6-8-12-13-10(18)16(7)8/h7H,1-6H2,(H,13,18)(H,19,20). The fraction of sp³-hybridized carbons (Fsp3) is 0.636. The Morgan fingerprint density at radius 1 is 1.25 bits per heavy atom. The van der Waals surface area contributed by atoms with Gasteiger partial charge in [0.2, 0.25) is 5.91 Å². The molecule has 2 aliphatic rings. The quantitative estimate of drug-likeness (QED) is 0.702. The molecule has 3 heterocycles. The lowest BCUT2D eigenvalue weighted by molar-refractivity contribution is -0.134. The van der Waals surface area contributed by atoms with Crippen molar-refractivity contribution in [1.29, 1.82) is 0 Å². The fourth-order valence-corrected chi connectivity index (χ4v) is 2.78. The molecule has 0 saturated carbocycles. The summed E-state index contributed by atoms with van der Waals surface area (Å²) >= 11 is 0. The van der Waals surface area contributed by atoms with Crippen molar-refractivity contribution in [3.05, 3.63) is 16.3 Å². The topological polar surface area (TPSA) is 112 Å². The van der Waals surface area contributed by atoms with Gasteiger partial charge >= 0.3 is 11.8 Å². The summed E-state index contributed by atoms with van der Waals surface area (Å²) in [5.41, 5.74) is -0.470. The summed E-state index contributed by atoms with van der Waals surface area (Å²) in [6.45, 7) is 1.31.